The predicted octanol–water partition coefficient (Wildman–Crippen LogP) is 4.85. The molecule has 1 aromatic carbocycles. The molecular formula is C19H17ClN6OS. The van der Waals surface area contributed by atoms with Gasteiger partial charge in [0, 0.05) is 28.6 Å². The minimum Gasteiger partial charge on any atom is -0.360 e. The molecule has 9 heteroatoms. The van der Waals surface area contributed by atoms with Crippen molar-refractivity contribution in [3.63, 3.8) is 0 Å². The highest BCUT2D eigenvalue weighted by atomic mass is 35.5. The van der Waals surface area contributed by atoms with Crippen molar-refractivity contribution in [3.05, 3.63) is 68.9 Å². The van der Waals surface area contributed by atoms with Gasteiger partial charge in [-0.15, -0.1) is 0 Å². The van der Waals surface area contributed by atoms with Crippen LogP contribution >= 0.6 is 23.8 Å². The summed E-state index contributed by atoms with van der Waals surface area (Å²) in [6.45, 7) is 5.87. The molecule has 0 fully saturated rings. The molecule has 1 N–H and O–H groups in total. The number of benzene rings is 1. The second-order valence-electron chi connectivity index (χ2n) is 6.35. The Hall–Kier alpha value is -2.97. The number of nitrogens with zero attached hydrogens (tertiary/aromatic N) is 5. The molecule has 0 saturated heterocycles. The van der Waals surface area contributed by atoms with Gasteiger partial charge in [0.2, 0.25) is 4.77 Å². The van der Waals surface area contributed by atoms with E-state index in [0.717, 1.165) is 34.1 Å². The summed E-state index contributed by atoms with van der Waals surface area (Å²) in [5, 5.41) is 16.3. The lowest BCUT2D eigenvalue weighted by Crippen LogP contribution is -2.00. The zero-order chi connectivity index (χ0) is 19.8. The highest BCUT2D eigenvalue weighted by Gasteiger charge is 2.14. The summed E-state index contributed by atoms with van der Waals surface area (Å²) in [6.07, 6.45) is 1.75. The minimum absolute atomic E-state index is 0.382. The van der Waals surface area contributed by atoms with Gasteiger partial charge in [0.15, 0.2) is 11.6 Å². The van der Waals surface area contributed by atoms with Crippen LogP contribution in [-0.4, -0.2) is 30.8 Å². The monoisotopic (exact) mass is 412 g/mol. The van der Waals surface area contributed by atoms with Gasteiger partial charge in [-0.3, -0.25) is 4.57 Å². The van der Waals surface area contributed by atoms with E-state index in [0.29, 0.717) is 15.6 Å². The number of aryl methyl sites for hydroxylation is 2. The molecule has 0 aliphatic rings. The van der Waals surface area contributed by atoms with E-state index >= 15 is 0 Å². The zero-order valence-corrected chi connectivity index (χ0v) is 17.0. The number of halogens is 1. The predicted molar refractivity (Wildman–Crippen MR) is 111 cm³/mol. The van der Waals surface area contributed by atoms with Crippen molar-refractivity contribution in [2.24, 2.45) is 5.10 Å². The second kappa shape index (κ2) is 7.21. The third kappa shape index (κ3) is 3.21. The second-order valence-corrected chi connectivity index (χ2v) is 7.14. The van der Waals surface area contributed by atoms with Crippen LogP contribution in [0.25, 0.3) is 17.2 Å². The van der Waals surface area contributed by atoms with Gasteiger partial charge in [0.1, 0.15) is 5.76 Å². The van der Waals surface area contributed by atoms with E-state index in [2.05, 4.69) is 20.5 Å². The summed E-state index contributed by atoms with van der Waals surface area (Å²) in [5.74, 6) is 2.04. The van der Waals surface area contributed by atoms with E-state index in [1.807, 2.05) is 55.7 Å². The largest absolute Gasteiger partial charge is 0.360 e. The van der Waals surface area contributed by atoms with Crippen molar-refractivity contribution in [1.29, 1.82) is 0 Å². The molecule has 0 saturated carbocycles. The number of nitrogens with one attached hydrogen (secondary N) is 1. The Morgan fingerprint density at radius 3 is 2.71 bits per heavy atom. The molecule has 0 aliphatic carbocycles. The molecule has 0 spiro atoms. The maximum Gasteiger partial charge on any atom is 0.216 e. The molecule has 0 unspecified atom stereocenters. The summed E-state index contributed by atoms with van der Waals surface area (Å²) in [6, 6.07) is 11.3. The molecule has 0 aliphatic heterocycles. The van der Waals surface area contributed by atoms with Crippen LogP contribution in [0.5, 0.6) is 0 Å². The maximum atomic E-state index is 6.30. The van der Waals surface area contributed by atoms with Crippen LogP contribution < -0.4 is 0 Å². The van der Waals surface area contributed by atoms with Gasteiger partial charge < -0.3 is 4.52 Å². The van der Waals surface area contributed by atoms with Gasteiger partial charge in [-0.25, -0.2) is 5.10 Å². The van der Waals surface area contributed by atoms with Gasteiger partial charge in [-0.2, -0.15) is 14.9 Å². The van der Waals surface area contributed by atoms with Crippen LogP contribution in [0.15, 0.2) is 46.0 Å². The zero-order valence-electron chi connectivity index (χ0n) is 15.5. The molecular weight excluding hydrogens is 396 g/mol. The Bertz CT molecular complexity index is 1250. The summed E-state index contributed by atoms with van der Waals surface area (Å²) in [4.78, 5) is 0. The van der Waals surface area contributed by atoms with Gasteiger partial charge in [0.25, 0.3) is 0 Å². The Kier molecular flexibility index (Phi) is 4.74. The fourth-order valence-corrected chi connectivity index (χ4v) is 3.46. The van der Waals surface area contributed by atoms with Crippen molar-refractivity contribution in [3.8, 4) is 17.2 Å². The first-order chi connectivity index (χ1) is 13.5. The van der Waals surface area contributed by atoms with Crippen molar-refractivity contribution in [1.82, 2.24) is 24.6 Å². The fourth-order valence-electron chi connectivity index (χ4n) is 3.07. The number of aromatic nitrogens is 5. The summed E-state index contributed by atoms with van der Waals surface area (Å²) in [5.41, 5.74) is 3.70. The lowest BCUT2D eigenvalue weighted by molar-refractivity contribution is 0.394. The molecule has 3 heterocycles. The number of hydrogen-bond acceptors (Lipinski definition) is 5. The molecule has 4 aromatic rings. The van der Waals surface area contributed by atoms with E-state index in [4.69, 9.17) is 28.3 Å². The molecule has 142 valence electrons. The number of H-pyrrole nitrogens is 1. The van der Waals surface area contributed by atoms with E-state index in [1.54, 1.807) is 17.0 Å². The van der Waals surface area contributed by atoms with Crippen molar-refractivity contribution in [2.75, 3.05) is 0 Å². The van der Waals surface area contributed by atoms with Crippen molar-refractivity contribution >= 4 is 30.0 Å². The minimum atomic E-state index is 0.382. The Balaban J connectivity index is 1.75. The van der Waals surface area contributed by atoms with Crippen LogP contribution in [0.1, 0.15) is 22.7 Å². The fraction of sp³-hybridized carbons (Fsp3) is 0.158. The quantitative estimate of drug-likeness (QED) is 0.384. The number of aromatic amines is 1. The van der Waals surface area contributed by atoms with Crippen molar-refractivity contribution in [2.45, 2.75) is 20.8 Å². The van der Waals surface area contributed by atoms with Crippen LogP contribution in [-0.2, 0) is 0 Å². The number of rotatable bonds is 4. The first-order valence-corrected chi connectivity index (χ1v) is 9.33. The first kappa shape index (κ1) is 18.4. The normalized spacial score (nSPS) is 11.6. The highest BCUT2D eigenvalue weighted by Crippen LogP contribution is 2.26. The summed E-state index contributed by atoms with van der Waals surface area (Å²) in [7, 11) is 0. The van der Waals surface area contributed by atoms with E-state index < -0.39 is 0 Å². The third-order valence-electron chi connectivity index (χ3n) is 4.39. The lowest BCUT2D eigenvalue weighted by Gasteiger charge is -2.04. The maximum absolute atomic E-state index is 6.30. The molecule has 0 radical (unpaired) electrons. The van der Waals surface area contributed by atoms with Crippen LogP contribution in [0.3, 0.4) is 0 Å². The van der Waals surface area contributed by atoms with Crippen LogP contribution in [0.4, 0.5) is 0 Å². The summed E-state index contributed by atoms with van der Waals surface area (Å²) < 4.78 is 9.16. The average molecular weight is 413 g/mol. The first-order valence-electron chi connectivity index (χ1n) is 8.55. The van der Waals surface area contributed by atoms with Gasteiger partial charge in [-0.05, 0) is 51.2 Å². The Labute approximate surface area is 171 Å². The Morgan fingerprint density at radius 1 is 1.21 bits per heavy atom. The Morgan fingerprint density at radius 2 is 2.00 bits per heavy atom. The molecule has 7 nitrogen and oxygen atoms in total. The third-order valence-corrected chi connectivity index (χ3v) is 4.99. The summed E-state index contributed by atoms with van der Waals surface area (Å²) >= 11 is 11.6. The van der Waals surface area contributed by atoms with Crippen LogP contribution in [0, 0.1) is 25.5 Å². The molecule has 4 rings (SSSR count). The SMILES string of the molecule is Cc1cc(-n2c(C)cc(/C=N\n3c(-c4ccccc4Cl)n[nH]c3=S)c2C)no1. The van der Waals surface area contributed by atoms with E-state index in [9.17, 15) is 0 Å². The topological polar surface area (TPSA) is 76.9 Å². The molecule has 3 aromatic heterocycles. The van der Waals surface area contributed by atoms with Gasteiger partial charge >= 0.3 is 0 Å². The molecule has 0 atom stereocenters. The molecule has 0 bridgehead atoms. The highest BCUT2D eigenvalue weighted by molar-refractivity contribution is 7.71. The van der Waals surface area contributed by atoms with E-state index in [-0.39, 0.29) is 0 Å². The molecule has 0 amide bonds. The number of hydrogen-bond donors (Lipinski definition) is 1. The molecule has 28 heavy (non-hydrogen) atoms. The lowest BCUT2D eigenvalue weighted by atomic mass is 10.2. The van der Waals surface area contributed by atoms with E-state index in [1.165, 1.54) is 0 Å². The standard InChI is InChI=1S/C19H17ClN6OS/c1-11-8-14(13(3)25(11)17-9-12(2)27-24-17)10-21-26-18(22-23-19(26)28)15-6-4-5-7-16(15)20/h4-10H,1-3H3,(H,23,28)/b21-10-. The van der Waals surface area contributed by atoms with Gasteiger partial charge in [0.05, 0.1) is 11.2 Å². The van der Waals surface area contributed by atoms with Gasteiger partial charge in [-0.1, -0.05) is 28.9 Å². The smallest absolute Gasteiger partial charge is 0.216 e. The van der Waals surface area contributed by atoms with Crippen molar-refractivity contribution < 1.29 is 4.52 Å². The average Bonchev–Trinajstić information content (AvgIpc) is 3.32. The van der Waals surface area contributed by atoms with Crippen LogP contribution in [0.2, 0.25) is 5.02 Å².